The fraction of sp³-hybridized carbons (Fsp3) is 0.161. The van der Waals surface area contributed by atoms with Gasteiger partial charge in [-0.3, -0.25) is 10.2 Å². The van der Waals surface area contributed by atoms with Crippen LogP contribution >= 0.6 is 11.8 Å². The molecule has 1 aromatic heterocycles. The van der Waals surface area contributed by atoms with Crippen LogP contribution in [0.3, 0.4) is 0 Å². The van der Waals surface area contributed by atoms with Crippen LogP contribution in [0.25, 0.3) is 17.0 Å². The third-order valence-corrected chi connectivity index (χ3v) is 7.60. The number of fused-ring (bicyclic) bond motifs is 2. The Morgan fingerprint density at radius 3 is 2.54 bits per heavy atom. The Bertz CT molecular complexity index is 1740. The van der Waals surface area contributed by atoms with Gasteiger partial charge in [0.2, 0.25) is 5.17 Å². The molecule has 4 aromatic rings. The predicted octanol–water partition coefficient (Wildman–Crippen LogP) is 5.74. The third kappa shape index (κ3) is 5.46. The Kier molecular flexibility index (Phi) is 7.30. The normalized spacial score (nSPS) is 15.7. The lowest BCUT2D eigenvalue weighted by Crippen LogP contribution is -2.35. The van der Waals surface area contributed by atoms with E-state index < -0.39 is 5.91 Å². The molecule has 0 unspecified atom stereocenters. The number of hydrogen-bond donors (Lipinski definition) is 1. The summed E-state index contributed by atoms with van der Waals surface area (Å²) in [5.74, 6) is 1.81. The molecule has 0 saturated heterocycles. The van der Waals surface area contributed by atoms with Crippen molar-refractivity contribution in [2.75, 3.05) is 20.3 Å². The molecule has 0 aliphatic carbocycles. The largest absolute Gasteiger partial charge is 0.497 e. The number of para-hydroxylation sites is 2. The van der Waals surface area contributed by atoms with Gasteiger partial charge in [0, 0.05) is 22.7 Å². The molecule has 0 bridgehead atoms. The lowest BCUT2D eigenvalue weighted by Gasteiger charge is -2.20. The summed E-state index contributed by atoms with van der Waals surface area (Å²) in [7, 11) is 1.63. The summed E-state index contributed by atoms with van der Waals surface area (Å²) in [5, 5.41) is 16.7. The van der Waals surface area contributed by atoms with E-state index in [2.05, 4.69) is 14.7 Å². The minimum absolute atomic E-state index is 0.0157. The molecule has 10 heteroatoms. The highest BCUT2D eigenvalue weighted by molar-refractivity contribution is 8.27. The number of hydrazone groups is 1. The lowest BCUT2D eigenvalue weighted by atomic mass is 10.1. The van der Waals surface area contributed by atoms with Crippen molar-refractivity contribution >= 4 is 50.7 Å². The summed E-state index contributed by atoms with van der Waals surface area (Å²) in [6, 6.07) is 23.1. The SMILES string of the molecule is COc1ccc(OCCn2cc(/C=C3/C(=N)N4N=C(COc5ccccc5C)SC4=NC3=O)c3ccccc32)cc1. The van der Waals surface area contributed by atoms with Gasteiger partial charge in [-0.05, 0) is 66.7 Å². The fourth-order valence-corrected chi connectivity index (χ4v) is 5.41. The summed E-state index contributed by atoms with van der Waals surface area (Å²) in [6.07, 6.45) is 3.69. The van der Waals surface area contributed by atoms with Gasteiger partial charge in [-0.15, -0.1) is 0 Å². The summed E-state index contributed by atoms with van der Waals surface area (Å²) in [4.78, 5) is 17.3. The van der Waals surface area contributed by atoms with E-state index in [1.165, 1.54) is 16.8 Å². The number of aryl methyl sites for hydroxylation is 1. The molecular weight excluding hydrogens is 538 g/mol. The molecule has 0 atom stereocenters. The van der Waals surface area contributed by atoms with Gasteiger partial charge < -0.3 is 18.8 Å². The molecule has 2 aliphatic rings. The minimum Gasteiger partial charge on any atom is -0.497 e. The predicted molar refractivity (Wildman–Crippen MR) is 162 cm³/mol. The molecule has 3 heterocycles. The van der Waals surface area contributed by atoms with E-state index in [1.54, 1.807) is 13.2 Å². The van der Waals surface area contributed by atoms with E-state index >= 15 is 0 Å². The van der Waals surface area contributed by atoms with Crippen LogP contribution in [0.4, 0.5) is 0 Å². The number of thioether (sulfide) groups is 1. The van der Waals surface area contributed by atoms with E-state index in [9.17, 15) is 4.79 Å². The van der Waals surface area contributed by atoms with Gasteiger partial charge in [0.25, 0.3) is 5.91 Å². The Morgan fingerprint density at radius 2 is 1.73 bits per heavy atom. The molecule has 0 fully saturated rings. The van der Waals surface area contributed by atoms with Crippen LogP contribution in [0, 0.1) is 12.3 Å². The van der Waals surface area contributed by atoms with Crippen LogP contribution in [-0.2, 0) is 11.3 Å². The van der Waals surface area contributed by atoms with Gasteiger partial charge in [-0.25, -0.2) is 0 Å². The number of nitrogens with zero attached hydrogens (tertiary/aromatic N) is 4. The first kappa shape index (κ1) is 26.4. The number of aromatic nitrogens is 1. The molecule has 0 spiro atoms. The maximum Gasteiger partial charge on any atom is 0.283 e. The second kappa shape index (κ2) is 11.3. The Labute approximate surface area is 241 Å². The van der Waals surface area contributed by atoms with Gasteiger partial charge >= 0.3 is 0 Å². The van der Waals surface area contributed by atoms with Crippen molar-refractivity contribution in [3.8, 4) is 17.2 Å². The first-order valence-electron chi connectivity index (χ1n) is 13.0. The minimum atomic E-state index is -0.468. The number of carbonyl (C=O) groups excluding carboxylic acids is 1. The Morgan fingerprint density at radius 1 is 0.976 bits per heavy atom. The number of carbonyl (C=O) groups is 1. The first-order valence-corrected chi connectivity index (χ1v) is 13.8. The van der Waals surface area contributed by atoms with Crippen LogP contribution in [0.2, 0.25) is 0 Å². The number of hydrogen-bond acceptors (Lipinski definition) is 7. The van der Waals surface area contributed by atoms with Crippen molar-refractivity contribution in [1.82, 2.24) is 9.58 Å². The summed E-state index contributed by atoms with van der Waals surface area (Å²) >= 11 is 1.24. The van der Waals surface area contributed by atoms with E-state index in [-0.39, 0.29) is 18.0 Å². The maximum absolute atomic E-state index is 13.0. The number of ether oxygens (including phenoxy) is 3. The van der Waals surface area contributed by atoms with Gasteiger partial charge in [0.15, 0.2) is 5.84 Å². The number of rotatable bonds is 9. The zero-order chi connectivity index (χ0) is 28.3. The van der Waals surface area contributed by atoms with Crippen LogP contribution in [0.15, 0.2) is 94.7 Å². The maximum atomic E-state index is 13.0. The molecule has 206 valence electrons. The van der Waals surface area contributed by atoms with Crippen molar-refractivity contribution < 1.29 is 19.0 Å². The lowest BCUT2D eigenvalue weighted by molar-refractivity contribution is -0.114. The highest BCUT2D eigenvalue weighted by Gasteiger charge is 2.36. The molecule has 41 heavy (non-hydrogen) atoms. The van der Waals surface area contributed by atoms with Crippen molar-refractivity contribution in [3.05, 3.63) is 95.7 Å². The monoisotopic (exact) mass is 565 g/mol. The average Bonchev–Trinajstić information content (AvgIpc) is 3.56. The zero-order valence-electron chi connectivity index (χ0n) is 22.5. The van der Waals surface area contributed by atoms with Gasteiger partial charge in [-0.2, -0.15) is 15.1 Å². The molecule has 1 amide bonds. The third-order valence-electron chi connectivity index (χ3n) is 6.72. The highest BCUT2D eigenvalue weighted by atomic mass is 32.2. The van der Waals surface area contributed by atoms with E-state index in [1.807, 2.05) is 85.9 Å². The molecular formula is C31H27N5O4S. The number of benzene rings is 3. The van der Waals surface area contributed by atoms with Crippen LogP contribution in [0.5, 0.6) is 17.2 Å². The van der Waals surface area contributed by atoms with Crippen LogP contribution in [-0.4, -0.2) is 51.9 Å². The van der Waals surface area contributed by atoms with Gasteiger partial charge in [-0.1, -0.05) is 36.4 Å². The number of aliphatic imine (C=N–C) groups is 1. The Hall–Kier alpha value is -4.83. The fourth-order valence-electron chi connectivity index (χ4n) is 4.61. The highest BCUT2D eigenvalue weighted by Crippen LogP contribution is 2.31. The Balaban J connectivity index is 1.20. The molecule has 6 rings (SSSR count). The second-order valence-electron chi connectivity index (χ2n) is 9.39. The summed E-state index contributed by atoms with van der Waals surface area (Å²) in [5.41, 5.74) is 3.01. The van der Waals surface area contributed by atoms with E-state index in [0.717, 1.165) is 39.3 Å². The second-order valence-corrected chi connectivity index (χ2v) is 10.4. The summed E-state index contributed by atoms with van der Waals surface area (Å²) in [6.45, 7) is 3.25. The number of amides is 1. The molecule has 9 nitrogen and oxygen atoms in total. The van der Waals surface area contributed by atoms with Gasteiger partial charge in [0.05, 0.1) is 19.2 Å². The van der Waals surface area contributed by atoms with Crippen molar-refractivity contribution in [2.45, 2.75) is 13.5 Å². The number of amidine groups is 2. The number of methoxy groups -OCH3 is 1. The topological polar surface area (TPSA) is 102 Å². The quantitative estimate of drug-likeness (QED) is 0.260. The van der Waals surface area contributed by atoms with Crippen molar-refractivity contribution in [3.63, 3.8) is 0 Å². The molecule has 2 aliphatic heterocycles. The summed E-state index contributed by atoms with van der Waals surface area (Å²) < 4.78 is 19.1. The van der Waals surface area contributed by atoms with E-state index in [0.29, 0.717) is 23.4 Å². The van der Waals surface area contributed by atoms with Crippen molar-refractivity contribution in [2.24, 2.45) is 10.1 Å². The zero-order valence-corrected chi connectivity index (χ0v) is 23.4. The molecule has 0 radical (unpaired) electrons. The molecule has 0 saturated carbocycles. The van der Waals surface area contributed by atoms with Gasteiger partial charge in [0.1, 0.15) is 35.5 Å². The van der Waals surface area contributed by atoms with Crippen molar-refractivity contribution in [1.29, 1.82) is 5.41 Å². The average molecular weight is 566 g/mol. The van der Waals surface area contributed by atoms with E-state index in [4.69, 9.17) is 19.6 Å². The first-order chi connectivity index (χ1) is 20.0. The number of nitrogens with one attached hydrogen (secondary N) is 1. The molecule has 3 aromatic carbocycles. The van der Waals surface area contributed by atoms with Crippen LogP contribution < -0.4 is 14.2 Å². The standard InChI is InChI=1S/C31H27N5O4S/c1-20-7-3-6-10-27(20)40-19-28-34-36-29(32)25(30(37)33-31(36)41-28)17-21-18-35(26-9-5-4-8-24(21)26)15-16-39-23-13-11-22(38-2)12-14-23/h3-14,17-18,32H,15-16,19H2,1-2H3/b25-17-,32-29?. The molecule has 1 N–H and O–H groups in total. The van der Waals surface area contributed by atoms with Crippen LogP contribution in [0.1, 0.15) is 11.1 Å². The smallest absolute Gasteiger partial charge is 0.283 e.